The summed E-state index contributed by atoms with van der Waals surface area (Å²) in [5, 5.41) is 4.09. The number of benzene rings is 3. The van der Waals surface area contributed by atoms with E-state index in [9.17, 15) is 4.79 Å². The van der Waals surface area contributed by atoms with Gasteiger partial charge in [-0.3, -0.25) is 4.79 Å². The number of ether oxygens (including phenoxy) is 2. The fourth-order valence-electron chi connectivity index (χ4n) is 4.23. The predicted octanol–water partition coefficient (Wildman–Crippen LogP) is 8.13. The maximum atomic E-state index is 12.6. The Bertz CT molecular complexity index is 1670. The second-order valence-electron chi connectivity index (χ2n) is 9.26. The molecule has 7 nitrogen and oxygen atoms in total. The molecule has 0 atom stereocenters. The van der Waals surface area contributed by atoms with Crippen LogP contribution >= 0.6 is 31.9 Å². The first-order chi connectivity index (χ1) is 19.9. The number of carbonyl (C=O) groups excluding carboxylic acids is 1. The number of hydrogen-bond donors (Lipinski definition) is 1. The Morgan fingerprint density at radius 2 is 1.66 bits per heavy atom. The van der Waals surface area contributed by atoms with Crippen LogP contribution in [0.5, 0.6) is 11.5 Å². The van der Waals surface area contributed by atoms with Gasteiger partial charge in [-0.05, 0) is 86.6 Å². The summed E-state index contributed by atoms with van der Waals surface area (Å²) in [6.45, 7) is 4.72. The lowest BCUT2D eigenvalue weighted by Crippen LogP contribution is -2.16. The van der Waals surface area contributed by atoms with Crippen molar-refractivity contribution in [1.82, 2.24) is 9.99 Å². The zero-order valence-electron chi connectivity index (χ0n) is 22.4. The number of halogens is 2. The quantitative estimate of drug-likeness (QED) is 0.120. The van der Waals surface area contributed by atoms with Crippen LogP contribution in [0.25, 0.3) is 5.69 Å². The number of carbonyl (C=O) groups is 1. The smallest absolute Gasteiger partial charge is 0.307 e. The van der Waals surface area contributed by atoms with Gasteiger partial charge in [0.05, 0.1) is 6.21 Å². The Kier molecular flexibility index (Phi) is 9.06. The van der Waals surface area contributed by atoms with Crippen molar-refractivity contribution in [3.05, 3.63) is 134 Å². The molecule has 41 heavy (non-hydrogen) atoms. The summed E-state index contributed by atoms with van der Waals surface area (Å²) >= 11 is 7.01. The molecule has 5 rings (SSSR count). The number of amides is 1. The highest BCUT2D eigenvalue weighted by molar-refractivity contribution is 9.11. The highest BCUT2D eigenvalue weighted by Crippen LogP contribution is 2.25. The summed E-state index contributed by atoms with van der Waals surface area (Å²) in [4.78, 5) is 12.6. The molecule has 0 spiro atoms. The molecule has 1 N–H and O–H groups in total. The van der Waals surface area contributed by atoms with E-state index in [1.165, 1.54) is 17.6 Å². The van der Waals surface area contributed by atoms with Crippen molar-refractivity contribution in [2.45, 2.75) is 27.1 Å². The van der Waals surface area contributed by atoms with Crippen molar-refractivity contribution in [2.75, 3.05) is 0 Å². The number of furan rings is 1. The van der Waals surface area contributed by atoms with Crippen molar-refractivity contribution >= 4 is 44.0 Å². The topological polar surface area (TPSA) is 78.0 Å². The maximum Gasteiger partial charge on any atom is 0.307 e. The van der Waals surface area contributed by atoms with Gasteiger partial charge in [-0.2, -0.15) is 5.10 Å². The van der Waals surface area contributed by atoms with Crippen molar-refractivity contribution in [1.29, 1.82) is 0 Å². The molecule has 5 aromatic rings. The molecule has 0 aliphatic rings. The number of nitrogens with zero attached hydrogens (tertiary/aromatic N) is 2. The van der Waals surface area contributed by atoms with Gasteiger partial charge in [0.15, 0.2) is 5.76 Å². The number of rotatable bonds is 10. The number of para-hydroxylation sites is 1. The van der Waals surface area contributed by atoms with E-state index in [4.69, 9.17) is 13.9 Å². The molecule has 208 valence electrons. The number of hydrogen-bond acceptors (Lipinski definition) is 5. The van der Waals surface area contributed by atoms with Gasteiger partial charge in [-0.15, -0.1) is 0 Å². The maximum absolute atomic E-state index is 12.6. The van der Waals surface area contributed by atoms with Gasteiger partial charge < -0.3 is 18.5 Å². The second-order valence-corrected chi connectivity index (χ2v) is 11.0. The van der Waals surface area contributed by atoms with Crippen LogP contribution in [-0.2, 0) is 13.2 Å². The highest BCUT2D eigenvalue weighted by atomic mass is 79.9. The first-order valence-electron chi connectivity index (χ1n) is 12.8. The molecule has 0 saturated heterocycles. The van der Waals surface area contributed by atoms with E-state index in [0.717, 1.165) is 25.8 Å². The third kappa shape index (κ3) is 7.17. The van der Waals surface area contributed by atoms with Crippen LogP contribution in [0.4, 0.5) is 0 Å². The molecular weight excluding hydrogens is 650 g/mol. The van der Waals surface area contributed by atoms with E-state index < -0.39 is 5.91 Å². The molecule has 0 aliphatic carbocycles. The normalized spacial score (nSPS) is 11.1. The van der Waals surface area contributed by atoms with E-state index >= 15 is 0 Å². The van der Waals surface area contributed by atoms with Gasteiger partial charge in [0.1, 0.15) is 30.5 Å². The minimum absolute atomic E-state index is 0.138. The van der Waals surface area contributed by atoms with E-state index in [2.05, 4.69) is 72.9 Å². The average Bonchev–Trinajstić information content (AvgIpc) is 3.58. The Morgan fingerprint density at radius 1 is 0.902 bits per heavy atom. The number of aromatic nitrogens is 1. The van der Waals surface area contributed by atoms with E-state index in [0.29, 0.717) is 23.9 Å². The Hall–Kier alpha value is -4.08. The largest absolute Gasteiger partial charge is 0.488 e. The molecule has 0 unspecified atom stereocenters. The highest BCUT2D eigenvalue weighted by Gasteiger charge is 2.12. The summed E-state index contributed by atoms with van der Waals surface area (Å²) in [5.74, 6) is 1.55. The van der Waals surface area contributed by atoms with E-state index in [1.807, 2.05) is 66.7 Å². The zero-order chi connectivity index (χ0) is 28.8. The van der Waals surface area contributed by atoms with E-state index in [1.54, 1.807) is 12.1 Å². The van der Waals surface area contributed by atoms with Crippen LogP contribution in [0.1, 0.15) is 38.8 Å². The Labute approximate surface area is 255 Å². The van der Waals surface area contributed by atoms with Gasteiger partial charge in [-0.1, -0.05) is 50.1 Å². The number of hydrazone groups is 1. The predicted molar refractivity (Wildman–Crippen MR) is 166 cm³/mol. The third-order valence-corrected chi connectivity index (χ3v) is 7.55. The van der Waals surface area contributed by atoms with Gasteiger partial charge in [-0.25, -0.2) is 5.43 Å². The second kappa shape index (κ2) is 13.1. The average molecular weight is 677 g/mol. The Morgan fingerprint density at radius 3 is 2.41 bits per heavy atom. The number of aryl methyl sites for hydroxylation is 2. The lowest BCUT2D eigenvalue weighted by atomic mass is 10.2. The van der Waals surface area contributed by atoms with Crippen molar-refractivity contribution in [3.63, 3.8) is 0 Å². The van der Waals surface area contributed by atoms with Gasteiger partial charge in [0, 0.05) is 37.1 Å². The molecule has 1 amide bonds. The molecule has 9 heteroatoms. The molecule has 0 fully saturated rings. The summed E-state index contributed by atoms with van der Waals surface area (Å²) in [6, 6.07) is 28.7. The fraction of sp³-hybridized carbons (Fsp3) is 0.125. The molecule has 0 saturated carbocycles. The molecule has 3 aromatic carbocycles. The van der Waals surface area contributed by atoms with Crippen LogP contribution < -0.4 is 14.9 Å². The zero-order valence-corrected chi connectivity index (χ0v) is 25.6. The standard InChI is InChI=1S/C32H27Br2N3O4/c1-21-7-8-22(2)37(21)26-11-13-27(14-12-26)39-20-28-15-16-31(41-28)32(38)36-35-18-23-5-3-4-6-30(23)40-19-24-9-10-25(33)17-29(24)34/h3-18H,19-20H2,1-2H3,(H,36,38)/b35-18+. The van der Waals surface area contributed by atoms with Crippen LogP contribution in [0.15, 0.2) is 109 Å². The third-order valence-electron chi connectivity index (χ3n) is 6.32. The summed E-state index contributed by atoms with van der Waals surface area (Å²) in [7, 11) is 0. The SMILES string of the molecule is Cc1ccc(C)n1-c1ccc(OCc2ccc(C(=O)N/N=C/c3ccccc3OCc3ccc(Br)cc3Br)o2)cc1. The fourth-order valence-corrected chi connectivity index (χ4v) is 5.39. The van der Waals surface area contributed by atoms with Gasteiger partial charge in [0.2, 0.25) is 0 Å². The van der Waals surface area contributed by atoms with E-state index in [-0.39, 0.29) is 12.4 Å². The Balaban J connectivity index is 1.14. The minimum Gasteiger partial charge on any atom is -0.488 e. The van der Waals surface area contributed by atoms with Crippen molar-refractivity contribution in [2.24, 2.45) is 5.10 Å². The molecule has 2 aromatic heterocycles. The lowest BCUT2D eigenvalue weighted by Gasteiger charge is -2.10. The molecule has 0 bridgehead atoms. The summed E-state index contributed by atoms with van der Waals surface area (Å²) < 4.78 is 21.6. The molecule has 0 radical (unpaired) electrons. The van der Waals surface area contributed by atoms with Crippen LogP contribution in [0.3, 0.4) is 0 Å². The molecular formula is C32H27Br2N3O4. The molecule has 2 heterocycles. The van der Waals surface area contributed by atoms with Crippen molar-refractivity contribution < 1.29 is 18.7 Å². The number of nitrogens with one attached hydrogen (secondary N) is 1. The van der Waals surface area contributed by atoms with Crippen molar-refractivity contribution in [3.8, 4) is 17.2 Å². The van der Waals surface area contributed by atoms with Gasteiger partial charge in [0.25, 0.3) is 0 Å². The molecule has 0 aliphatic heterocycles. The monoisotopic (exact) mass is 675 g/mol. The van der Waals surface area contributed by atoms with Crippen LogP contribution in [0, 0.1) is 13.8 Å². The minimum atomic E-state index is -0.466. The van der Waals surface area contributed by atoms with Gasteiger partial charge >= 0.3 is 5.91 Å². The summed E-state index contributed by atoms with van der Waals surface area (Å²) in [5.41, 5.74) is 7.65. The lowest BCUT2D eigenvalue weighted by molar-refractivity contribution is 0.0923. The first-order valence-corrected chi connectivity index (χ1v) is 14.4. The van der Waals surface area contributed by atoms with Crippen LogP contribution in [0.2, 0.25) is 0 Å². The first kappa shape index (κ1) is 28.4. The van der Waals surface area contributed by atoms with Crippen LogP contribution in [-0.4, -0.2) is 16.7 Å². The summed E-state index contributed by atoms with van der Waals surface area (Å²) in [6.07, 6.45) is 1.54.